The van der Waals surface area contributed by atoms with E-state index in [4.69, 9.17) is 4.98 Å². The molecule has 1 aliphatic heterocycles. The molecule has 0 N–H and O–H groups in total. The van der Waals surface area contributed by atoms with E-state index in [-0.39, 0.29) is 6.17 Å². The fourth-order valence-corrected chi connectivity index (χ4v) is 4.24. The van der Waals surface area contributed by atoms with Crippen LogP contribution in [0.4, 0.5) is 11.4 Å². The summed E-state index contributed by atoms with van der Waals surface area (Å²) in [5.41, 5.74) is 3.92. The second kappa shape index (κ2) is 7.13. The molecular formula is C22H26N6O. The number of aromatic nitrogens is 4. The molecule has 0 saturated heterocycles. The molecule has 3 aromatic heterocycles. The fourth-order valence-electron chi connectivity index (χ4n) is 4.24. The second-order valence-electron chi connectivity index (χ2n) is 8.39. The molecule has 7 heteroatoms. The zero-order valence-corrected chi connectivity index (χ0v) is 16.9. The first kappa shape index (κ1) is 18.1. The highest BCUT2D eigenvalue weighted by Gasteiger charge is 2.43. The first-order chi connectivity index (χ1) is 14.2. The predicted molar refractivity (Wildman–Crippen MR) is 113 cm³/mol. The third-order valence-corrected chi connectivity index (χ3v) is 5.86. The Bertz CT molecular complexity index is 1040. The molecule has 0 spiro atoms. The molecule has 150 valence electrons. The number of anilines is 2. The Kier molecular flexibility index (Phi) is 4.45. The van der Waals surface area contributed by atoms with Crippen molar-refractivity contribution in [1.29, 1.82) is 0 Å². The maximum atomic E-state index is 12.1. The van der Waals surface area contributed by atoms with Crippen LogP contribution in [0.3, 0.4) is 0 Å². The lowest BCUT2D eigenvalue weighted by atomic mass is 10.1. The number of carbonyl (C=O) groups is 1. The predicted octanol–water partition coefficient (Wildman–Crippen LogP) is 3.39. The van der Waals surface area contributed by atoms with E-state index in [2.05, 4.69) is 38.2 Å². The van der Waals surface area contributed by atoms with E-state index in [0.717, 1.165) is 60.5 Å². The summed E-state index contributed by atoms with van der Waals surface area (Å²) < 4.78 is 2.22. The van der Waals surface area contributed by atoms with Gasteiger partial charge in [-0.25, -0.2) is 9.97 Å². The molecule has 1 atom stereocenters. The Morgan fingerprint density at radius 2 is 2.07 bits per heavy atom. The van der Waals surface area contributed by atoms with Crippen LogP contribution in [0.15, 0.2) is 36.8 Å². The van der Waals surface area contributed by atoms with Crippen molar-refractivity contribution in [1.82, 2.24) is 19.5 Å². The van der Waals surface area contributed by atoms with Gasteiger partial charge in [-0.05, 0) is 43.4 Å². The van der Waals surface area contributed by atoms with Gasteiger partial charge in [0.1, 0.15) is 11.3 Å². The molecule has 4 heterocycles. The number of nitrogens with zero attached hydrogens (tertiary/aromatic N) is 6. The summed E-state index contributed by atoms with van der Waals surface area (Å²) in [4.78, 5) is 30.3. The van der Waals surface area contributed by atoms with Crippen LogP contribution in [0.1, 0.15) is 38.9 Å². The quantitative estimate of drug-likeness (QED) is 0.576. The van der Waals surface area contributed by atoms with E-state index in [1.165, 1.54) is 0 Å². The molecule has 29 heavy (non-hydrogen) atoms. The number of fused-ring (bicyclic) bond motifs is 2. The number of aldehydes is 1. The summed E-state index contributed by atoms with van der Waals surface area (Å²) in [6, 6.07) is 6.39. The van der Waals surface area contributed by atoms with Crippen LogP contribution < -0.4 is 9.80 Å². The lowest BCUT2D eigenvalue weighted by Gasteiger charge is -2.28. The molecule has 2 aliphatic rings. The molecular weight excluding hydrogens is 364 g/mol. The summed E-state index contributed by atoms with van der Waals surface area (Å²) in [5, 5.41) is 0. The zero-order chi connectivity index (χ0) is 20.0. The summed E-state index contributed by atoms with van der Waals surface area (Å²) in [7, 11) is 0. The molecule has 0 amide bonds. The lowest BCUT2D eigenvalue weighted by molar-refractivity contribution is -0.108. The van der Waals surface area contributed by atoms with Gasteiger partial charge in [-0.15, -0.1) is 0 Å². The Morgan fingerprint density at radius 3 is 2.83 bits per heavy atom. The van der Waals surface area contributed by atoms with E-state index in [9.17, 15) is 4.79 Å². The summed E-state index contributed by atoms with van der Waals surface area (Å²) in [6.07, 6.45) is 9.56. The smallest absolute Gasteiger partial charge is 0.163 e. The molecule has 3 aromatic rings. The molecule has 1 saturated carbocycles. The topological polar surface area (TPSA) is 67.2 Å². The highest BCUT2D eigenvalue weighted by atomic mass is 16.1. The minimum absolute atomic E-state index is 0.312. The second-order valence-corrected chi connectivity index (χ2v) is 8.39. The summed E-state index contributed by atoms with van der Waals surface area (Å²) in [6.45, 7) is 5.88. The van der Waals surface area contributed by atoms with Gasteiger partial charge in [-0.1, -0.05) is 13.8 Å². The number of carbonyl (C=O) groups excluding carboxylic acids is 1. The monoisotopic (exact) mass is 390 g/mol. The molecule has 0 radical (unpaired) electrons. The maximum Gasteiger partial charge on any atom is 0.163 e. The van der Waals surface area contributed by atoms with Gasteiger partial charge >= 0.3 is 0 Å². The van der Waals surface area contributed by atoms with Crippen LogP contribution in [0.25, 0.3) is 11.2 Å². The Labute approximate surface area is 170 Å². The van der Waals surface area contributed by atoms with Crippen molar-refractivity contribution in [3.05, 3.63) is 42.6 Å². The molecule has 1 fully saturated rings. The third-order valence-electron chi connectivity index (χ3n) is 5.86. The van der Waals surface area contributed by atoms with E-state index in [0.29, 0.717) is 18.5 Å². The first-order valence-corrected chi connectivity index (χ1v) is 10.4. The zero-order valence-electron chi connectivity index (χ0n) is 16.9. The van der Waals surface area contributed by atoms with Crippen molar-refractivity contribution in [2.45, 2.75) is 58.4 Å². The number of imidazole rings is 1. The van der Waals surface area contributed by atoms with Gasteiger partial charge in [-0.2, -0.15) is 0 Å². The Balaban J connectivity index is 1.54. The number of aryl methyl sites for hydroxylation is 1. The maximum absolute atomic E-state index is 12.1. The highest BCUT2D eigenvalue weighted by Crippen LogP contribution is 2.45. The van der Waals surface area contributed by atoms with Gasteiger partial charge in [0.25, 0.3) is 0 Å². The molecule has 7 nitrogen and oxygen atoms in total. The summed E-state index contributed by atoms with van der Waals surface area (Å²) >= 11 is 0. The molecule has 0 aromatic carbocycles. The SMILES string of the molecule is CC(C)CCn1c(CN2c3cnccc3N(C3CC3)C2C=O)nc2cccnc21. The van der Waals surface area contributed by atoms with Crippen molar-refractivity contribution in [2.75, 3.05) is 9.80 Å². The molecule has 5 rings (SSSR count). The van der Waals surface area contributed by atoms with E-state index < -0.39 is 0 Å². The van der Waals surface area contributed by atoms with Crippen molar-refractivity contribution < 1.29 is 4.79 Å². The average molecular weight is 390 g/mol. The van der Waals surface area contributed by atoms with Crippen LogP contribution in [0.5, 0.6) is 0 Å². The normalized spacial score (nSPS) is 18.7. The largest absolute Gasteiger partial charge is 0.340 e. The first-order valence-electron chi connectivity index (χ1n) is 10.4. The van der Waals surface area contributed by atoms with E-state index in [1.54, 1.807) is 6.20 Å². The van der Waals surface area contributed by atoms with Crippen molar-refractivity contribution in [3.63, 3.8) is 0 Å². The third kappa shape index (κ3) is 3.14. The van der Waals surface area contributed by atoms with Crippen LogP contribution in [-0.2, 0) is 17.9 Å². The van der Waals surface area contributed by atoms with E-state index >= 15 is 0 Å². The highest BCUT2D eigenvalue weighted by molar-refractivity contribution is 5.86. The molecule has 0 bridgehead atoms. The number of pyridine rings is 2. The van der Waals surface area contributed by atoms with Gasteiger partial charge in [0.2, 0.25) is 0 Å². The van der Waals surface area contributed by atoms with Gasteiger partial charge in [0.15, 0.2) is 18.1 Å². The minimum atomic E-state index is -0.312. The van der Waals surface area contributed by atoms with Crippen LogP contribution >= 0.6 is 0 Å². The van der Waals surface area contributed by atoms with Gasteiger partial charge < -0.3 is 14.4 Å². The van der Waals surface area contributed by atoms with Crippen LogP contribution in [0.2, 0.25) is 0 Å². The molecule has 1 unspecified atom stereocenters. The van der Waals surface area contributed by atoms with Crippen molar-refractivity contribution >= 4 is 28.8 Å². The number of rotatable bonds is 7. The van der Waals surface area contributed by atoms with Crippen LogP contribution in [0, 0.1) is 5.92 Å². The Morgan fingerprint density at radius 1 is 1.21 bits per heavy atom. The number of hydrogen-bond donors (Lipinski definition) is 0. The lowest BCUT2D eigenvalue weighted by Crippen LogP contribution is -2.45. The summed E-state index contributed by atoms with van der Waals surface area (Å²) in [5.74, 6) is 1.53. The van der Waals surface area contributed by atoms with Gasteiger partial charge in [-0.3, -0.25) is 9.78 Å². The minimum Gasteiger partial charge on any atom is -0.340 e. The van der Waals surface area contributed by atoms with Gasteiger partial charge in [0.05, 0.1) is 24.1 Å². The van der Waals surface area contributed by atoms with Crippen molar-refractivity contribution in [2.24, 2.45) is 5.92 Å². The van der Waals surface area contributed by atoms with E-state index in [1.807, 2.05) is 30.6 Å². The van der Waals surface area contributed by atoms with Crippen LogP contribution in [-0.4, -0.2) is 38.0 Å². The molecule has 1 aliphatic carbocycles. The number of hydrogen-bond acceptors (Lipinski definition) is 6. The average Bonchev–Trinajstić information content (AvgIpc) is 3.43. The Hall–Kier alpha value is -2.96. The van der Waals surface area contributed by atoms with Crippen molar-refractivity contribution in [3.8, 4) is 0 Å². The fraction of sp³-hybridized carbons (Fsp3) is 0.455. The van der Waals surface area contributed by atoms with Gasteiger partial charge in [0, 0.05) is 25.0 Å². The standard InChI is InChI=1S/C22H26N6O/c1-15(2)8-11-26-20(25-17-4-3-9-24-22(17)26)13-27-19-12-23-10-7-18(19)28(16-5-6-16)21(27)14-29/h3-4,7,9-10,12,14-16,21H,5-6,8,11,13H2,1-2H3.